The third-order valence-electron chi connectivity index (χ3n) is 3.98. The van der Waals surface area contributed by atoms with Crippen molar-refractivity contribution in [3.05, 3.63) is 91.5 Å². The largest absolute Gasteiger partial charge is 0.490 e. The van der Waals surface area contributed by atoms with Gasteiger partial charge in [-0.3, -0.25) is 15.1 Å². The number of halogens is 1. The SMILES string of the molecule is CCOc1cc(C=Nc2ccccc2)cc(I)c1OCc1ccc([N+](=O)[O-])cc1. The molecular weight excluding hydrogens is 483 g/mol. The van der Waals surface area contributed by atoms with Crippen molar-refractivity contribution in [2.75, 3.05) is 6.61 Å². The molecule has 29 heavy (non-hydrogen) atoms. The first-order valence-electron chi connectivity index (χ1n) is 8.98. The number of non-ortho nitro benzene ring substituents is 1. The average Bonchev–Trinajstić information content (AvgIpc) is 2.73. The first-order chi connectivity index (χ1) is 14.1. The zero-order chi connectivity index (χ0) is 20.6. The highest BCUT2D eigenvalue weighted by atomic mass is 127. The number of benzene rings is 3. The van der Waals surface area contributed by atoms with Gasteiger partial charge < -0.3 is 9.47 Å². The molecule has 0 radical (unpaired) electrons. The fourth-order valence-corrected chi connectivity index (χ4v) is 3.38. The van der Waals surface area contributed by atoms with Crippen LogP contribution in [0.15, 0.2) is 71.7 Å². The van der Waals surface area contributed by atoms with Gasteiger partial charge in [0.1, 0.15) is 6.61 Å². The summed E-state index contributed by atoms with van der Waals surface area (Å²) in [5.74, 6) is 1.28. The van der Waals surface area contributed by atoms with Crippen molar-refractivity contribution in [3.8, 4) is 11.5 Å². The van der Waals surface area contributed by atoms with Crippen LogP contribution >= 0.6 is 22.6 Å². The van der Waals surface area contributed by atoms with Crippen LogP contribution in [0.1, 0.15) is 18.1 Å². The van der Waals surface area contributed by atoms with Crippen molar-refractivity contribution < 1.29 is 14.4 Å². The van der Waals surface area contributed by atoms with Gasteiger partial charge in [0.2, 0.25) is 0 Å². The molecular formula is C22H19IN2O4. The van der Waals surface area contributed by atoms with E-state index in [1.54, 1.807) is 18.3 Å². The molecule has 0 N–H and O–H groups in total. The molecule has 3 aromatic carbocycles. The lowest BCUT2D eigenvalue weighted by atomic mass is 10.2. The molecule has 0 atom stereocenters. The van der Waals surface area contributed by atoms with E-state index in [1.165, 1.54) is 12.1 Å². The maximum atomic E-state index is 10.8. The molecule has 0 bridgehead atoms. The van der Waals surface area contributed by atoms with Crippen molar-refractivity contribution in [2.45, 2.75) is 13.5 Å². The first kappa shape index (κ1) is 20.8. The Morgan fingerprint density at radius 2 is 1.79 bits per heavy atom. The number of nitrogens with zero attached hydrogens (tertiary/aromatic N) is 2. The fourth-order valence-electron chi connectivity index (χ4n) is 2.60. The van der Waals surface area contributed by atoms with Gasteiger partial charge >= 0.3 is 0 Å². The summed E-state index contributed by atoms with van der Waals surface area (Å²) in [7, 11) is 0. The monoisotopic (exact) mass is 502 g/mol. The minimum Gasteiger partial charge on any atom is -0.490 e. The van der Waals surface area contributed by atoms with E-state index in [2.05, 4.69) is 27.6 Å². The number of para-hydroxylation sites is 1. The second-order valence-corrected chi connectivity index (χ2v) is 7.23. The number of aliphatic imine (C=N–C) groups is 1. The molecule has 3 rings (SSSR count). The van der Waals surface area contributed by atoms with E-state index in [-0.39, 0.29) is 12.3 Å². The van der Waals surface area contributed by atoms with Gasteiger partial charge in [0.05, 0.1) is 20.8 Å². The van der Waals surface area contributed by atoms with Gasteiger partial charge in [-0.2, -0.15) is 0 Å². The lowest BCUT2D eigenvalue weighted by Crippen LogP contribution is -2.02. The highest BCUT2D eigenvalue weighted by Crippen LogP contribution is 2.34. The Morgan fingerprint density at radius 1 is 1.07 bits per heavy atom. The summed E-state index contributed by atoms with van der Waals surface area (Å²) in [6.07, 6.45) is 1.79. The molecule has 6 nitrogen and oxygen atoms in total. The maximum Gasteiger partial charge on any atom is 0.269 e. The molecule has 0 fully saturated rings. The number of hydrogen-bond donors (Lipinski definition) is 0. The van der Waals surface area contributed by atoms with Gasteiger partial charge in [-0.25, -0.2) is 0 Å². The Hall–Kier alpha value is -2.94. The number of nitro groups is 1. The van der Waals surface area contributed by atoms with Gasteiger partial charge in [0.25, 0.3) is 5.69 Å². The molecule has 0 aromatic heterocycles. The summed E-state index contributed by atoms with van der Waals surface area (Å²) >= 11 is 2.21. The summed E-state index contributed by atoms with van der Waals surface area (Å²) in [4.78, 5) is 14.8. The van der Waals surface area contributed by atoms with Crippen molar-refractivity contribution in [1.29, 1.82) is 0 Å². The van der Waals surface area contributed by atoms with E-state index in [1.807, 2.05) is 49.4 Å². The maximum absolute atomic E-state index is 10.8. The van der Waals surface area contributed by atoms with Crippen LogP contribution in [0.3, 0.4) is 0 Å². The Labute approximate surface area is 182 Å². The number of hydrogen-bond acceptors (Lipinski definition) is 5. The van der Waals surface area contributed by atoms with Crippen LogP contribution in [0.2, 0.25) is 0 Å². The lowest BCUT2D eigenvalue weighted by Gasteiger charge is -2.14. The first-order valence-corrected chi connectivity index (χ1v) is 10.1. The third-order valence-corrected chi connectivity index (χ3v) is 4.78. The molecule has 0 amide bonds. The van der Waals surface area contributed by atoms with Gasteiger partial charge in [-0.05, 0) is 77.0 Å². The van der Waals surface area contributed by atoms with Crippen LogP contribution in [0.5, 0.6) is 11.5 Å². The summed E-state index contributed by atoms with van der Waals surface area (Å²) in [5.41, 5.74) is 2.67. The molecule has 0 aliphatic carbocycles. The van der Waals surface area contributed by atoms with Crippen molar-refractivity contribution in [3.63, 3.8) is 0 Å². The second kappa shape index (κ2) is 10.0. The Bertz CT molecular complexity index is 1010. The predicted octanol–water partition coefficient (Wildman–Crippen LogP) is 5.93. The zero-order valence-corrected chi connectivity index (χ0v) is 17.9. The van der Waals surface area contributed by atoms with Gasteiger partial charge in [0, 0.05) is 18.3 Å². The Balaban J connectivity index is 1.78. The third kappa shape index (κ3) is 5.77. The standard InChI is InChI=1S/C22H19IN2O4/c1-2-28-21-13-17(14-24-18-6-4-3-5-7-18)12-20(23)22(21)29-15-16-8-10-19(11-9-16)25(26)27/h3-14H,2,15H2,1H3. The average molecular weight is 502 g/mol. The van der Waals surface area contributed by atoms with Crippen LogP contribution < -0.4 is 9.47 Å². The van der Waals surface area contributed by atoms with E-state index in [0.29, 0.717) is 18.1 Å². The quantitative estimate of drug-likeness (QED) is 0.166. The summed E-state index contributed by atoms with van der Waals surface area (Å²) in [6, 6.07) is 19.9. The molecule has 7 heteroatoms. The summed E-state index contributed by atoms with van der Waals surface area (Å²) < 4.78 is 12.6. The second-order valence-electron chi connectivity index (χ2n) is 6.07. The predicted molar refractivity (Wildman–Crippen MR) is 121 cm³/mol. The van der Waals surface area contributed by atoms with Gasteiger partial charge in [-0.1, -0.05) is 18.2 Å². The zero-order valence-electron chi connectivity index (χ0n) is 15.7. The van der Waals surface area contributed by atoms with Crippen LogP contribution in [0.4, 0.5) is 11.4 Å². The molecule has 0 heterocycles. The Kier molecular flexibility index (Phi) is 7.18. The van der Waals surface area contributed by atoms with Gasteiger partial charge in [-0.15, -0.1) is 0 Å². The van der Waals surface area contributed by atoms with Gasteiger partial charge in [0.15, 0.2) is 11.5 Å². The minimum absolute atomic E-state index is 0.0559. The van der Waals surface area contributed by atoms with E-state index in [0.717, 1.165) is 20.4 Å². The topological polar surface area (TPSA) is 74.0 Å². The summed E-state index contributed by atoms with van der Waals surface area (Å²) in [6.45, 7) is 2.70. The summed E-state index contributed by atoms with van der Waals surface area (Å²) in [5, 5.41) is 10.8. The molecule has 0 spiro atoms. The number of rotatable bonds is 8. The Morgan fingerprint density at radius 3 is 2.45 bits per heavy atom. The smallest absolute Gasteiger partial charge is 0.269 e. The molecule has 0 aliphatic rings. The number of ether oxygens (including phenoxy) is 2. The lowest BCUT2D eigenvalue weighted by molar-refractivity contribution is -0.384. The number of nitro benzene ring substituents is 1. The molecule has 0 saturated heterocycles. The minimum atomic E-state index is -0.420. The molecule has 0 saturated carbocycles. The van der Waals surface area contributed by atoms with E-state index < -0.39 is 4.92 Å². The highest BCUT2D eigenvalue weighted by molar-refractivity contribution is 14.1. The van der Waals surface area contributed by atoms with Crippen LogP contribution in [0.25, 0.3) is 0 Å². The van der Waals surface area contributed by atoms with Crippen molar-refractivity contribution >= 4 is 40.2 Å². The van der Waals surface area contributed by atoms with Crippen LogP contribution in [-0.4, -0.2) is 17.7 Å². The van der Waals surface area contributed by atoms with Crippen molar-refractivity contribution in [2.24, 2.45) is 4.99 Å². The normalized spacial score (nSPS) is 10.8. The van der Waals surface area contributed by atoms with Crippen molar-refractivity contribution in [1.82, 2.24) is 0 Å². The molecule has 0 aliphatic heterocycles. The van der Waals surface area contributed by atoms with E-state index in [9.17, 15) is 10.1 Å². The van der Waals surface area contributed by atoms with E-state index in [4.69, 9.17) is 9.47 Å². The van der Waals surface area contributed by atoms with Crippen LogP contribution in [-0.2, 0) is 6.61 Å². The molecule has 3 aromatic rings. The molecule has 0 unspecified atom stereocenters. The highest BCUT2D eigenvalue weighted by Gasteiger charge is 2.13. The van der Waals surface area contributed by atoms with Crippen LogP contribution in [0, 0.1) is 13.7 Å². The van der Waals surface area contributed by atoms with E-state index >= 15 is 0 Å². The molecule has 148 valence electrons. The fraction of sp³-hybridized carbons (Fsp3) is 0.136.